The normalized spacial score (nSPS) is 18.9. The lowest BCUT2D eigenvalue weighted by Crippen LogP contribution is -2.54. The predicted octanol–water partition coefficient (Wildman–Crippen LogP) is 5.36. The van der Waals surface area contributed by atoms with Gasteiger partial charge >= 0.3 is 6.09 Å². The number of amides is 2. The molecule has 1 saturated heterocycles. The van der Waals surface area contributed by atoms with Gasteiger partial charge in [-0.2, -0.15) is 0 Å². The summed E-state index contributed by atoms with van der Waals surface area (Å²) in [7, 11) is 0. The van der Waals surface area contributed by atoms with Crippen LogP contribution < -0.4 is 5.32 Å². The number of pyridine rings is 1. The Morgan fingerprint density at radius 1 is 1.03 bits per heavy atom. The van der Waals surface area contributed by atoms with Crippen LogP contribution in [-0.2, 0) is 9.53 Å². The maximum atomic E-state index is 13.7. The number of nitrogens with one attached hydrogen (secondary N) is 1. The van der Waals surface area contributed by atoms with Crippen LogP contribution in [0.4, 0.5) is 10.5 Å². The van der Waals surface area contributed by atoms with E-state index >= 15 is 0 Å². The monoisotopic (exact) mass is 431 g/mol. The third-order valence-electron chi connectivity index (χ3n) is 5.65. The summed E-state index contributed by atoms with van der Waals surface area (Å²) in [6.45, 7) is 5.98. The van der Waals surface area contributed by atoms with E-state index in [0.29, 0.717) is 12.2 Å². The number of nitrogens with zero attached hydrogens (tertiary/aromatic N) is 2. The van der Waals surface area contributed by atoms with Crippen LogP contribution in [0.25, 0.3) is 10.9 Å². The van der Waals surface area contributed by atoms with Crippen molar-refractivity contribution in [2.75, 3.05) is 11.9 Å². The van der Waals surface area contributed by atoms with Crippen molar-refractivity contribution in [1.82, 2.24) is 9.88 Å². The highest BCUT2D eigenvalue weighted by Crippen LogP contribution is 2.35. The second-order valence-electron chi connectivity index (χ2n) is 9.15. The summed E-state index contributed by atoms with van der Waals surface area (Å²) in [5.74, 6) is -0.358. The molecule has 3 aromatic rings. The first-order valence-corrected chi connectivity index (χ1v) is 11.0. The molecule has 1 fully saturated rings. The lowest BCUT2D eigenvalue weighted by Gasteiger charge is -2.40. The molecule has 1 aliphatic heterocycles. The van der Waals surface area contributed by atoms with Crippen LogP contribution in [0.15, 0.2) is 66.9 Å². The van der Waals surface area contributed by atoms with E-state index in [1.54, 1.807) is 11.1 Å². The van der Waals surface area contributed by atoms with Crippen molar-refractivity contribution < 1.29 is 14.3 Å². The topological polar surface area (TPSA) is 71.5 Å². The number of hydrogen-bond acceptors (Lipinski definition) is 4. The van der Waals surface area contributed by atoms with Crippen LogP contribution in [0, 0.1) is 0 Å². The minimum Gasteiger partial charge on any atom is -0.444 e. The number of benzene rings is 2. The molecule has 0 spiro atoms. The fourth-order valence-corrected chi connectivity index (χ4v) is 4.31. The highest BCUT2D eigenvalue weighted by atomic mass is 16.6. The second-order valence-corrected chi connectivity index (χ2v) is 9.15. The summed E-state index contributed by atoms with van der Waals surface area (Å²) < 4.78 is 5.66. The molecule has 6 heteroatoms. The Kier molecular flexibility index (Phi) is 6.12. The largest absolute Gasteiger partial charge is 0.444 e. The molecular weight excluding hydrogens is 402 g/mol. The molecular formula is C26H29N3O3. The highest BCUT2D eigenvalue weighted by molar-refractivity contribution is 6.03. The third kappa shape index (κ3) is 4.74. The molecule has 0 saturated carbocycles. The van der Waals surface area contributed by atoms with Gasteiger partial charge in [0.2, 0.25) is 5.91 Å². The Labute approximate surface area is 188 Å². The number of ether oxygens (including phenoxy) is 1. The molecule has 1 N–H and O–H groups in total. The molecule has 2 amide bonds. The Morgan fingerprint density at radius 2 is 1.78 bits per heavy atom. The van der Waals surface area contributed by atoms with E-state index in [2.05, 4.69) is 10.3 Å². The molecule has 166 valence electrons. The van der Waals surface area contributed by atoms with Crippen molar-refractivity contribution in [3.05, 3.63) is 72.4 Å². The summed E-state index contributed by atoms with van der Waals surface area (Å²) in [5.41, 5.74) is 1.75. The van der Waals surface area contributed by atoms with Gasteiger partial charge < -0.3 is 10.1 Å². The third-order valence-corrected chi connectivity index (χ3v) is 5.65. The zero-order valence-corrected chi connectivity index (χ0v) is 18.7. The van der Waals surface area contributed by atoms with Gasteiger partial charge in [0, 0.05) is 24.0 Å². The fraction of sp³-hybridized carbons (Fsp3) is 0.346. The summed E-state index contributed by atoms with van der Waals surface area (Å²) in [5, 5.41) is 3.99. The first-order chi connectivity index (χ1) is 15.3. The van der Waals surface area contributed by atoms with Crippen molar-refractivity contribution in [2.45, 2.75) is 51.2 Å². The van der Waals surface area contributed by atoms with Gasteiger partial charge in [-0.25, -0.2) is 4.79 Å². The number of hydrogen-bond donors (Lipinski definition) is 1. The van der Waals surface area contributed by atoms with Crippen LogP contribution in [0.3, 0.4) is 0 Å². The molecule has 1 aliphatic rings. The minimum absolute atomic E-state index is 0.125. The molecule has 6 nitrogen and oxygen atoms in total. The molecule has 2 heterocycles. The number of carbonyl (C=O) groups excluding carboxylic acids is 2. The van der Waals surface area contributed by atoms with Crippen LogP contribution in [-0.4, -0.2) is 40.1 Å². The summed E-state index contributed by atoms with van der Waals surface area (Å²) in [6.07, 6.45) is 2.86. The van der Waals surface area contributed by atoms with E-state index in [0.717, 1.165) is 29.3 Å². The fourth-order valence-electron chi connectivity index (χ4n) is 4.31. The average Bonchev–Trinajstić information content (AvgIpc) is 2.78. The molecule has 2 aromatic carbocycles. The molecule has 0 radical (unpaired) electrons. The number of aromatic nitrogens is 1. The first kappa shape index (κ1) is 21.8. The van der Waals surface area contributed by atoms with Gasteiger partial charge in [0.1, 0.15) is 11.6 Å². The van der Waals surface area contributed by atoms with E-state index < -0.39 is 17.7 Å². The van der Waals surface area contributed by atoms with Crippen LogP contribution in [0.2, 0.25) is 0 Å². The Balaban J connectivity index is 1.69. The average molecular weight is 432 g/mol. The standard InChI is InChI=1S/C26H29N3O3/c1-26(2,3)32-25(31)29-17-9-14-20(18-10-5-4-6-11-18)23(29)24(30)28-21-15-7-12-19-13-8-16-27-22(19)21/h4-8,10-13,15-16,20,23H,9,14,17H2,1-3H3,(H,28,30)/t20-,23-/m0/s1. The van der Waals surface area contributed by atoms with Gasteiger partial charge in [0.15, 0.2) is 0 Å². The second kappa shape index (κ2) is 8.99. The molecule has 0 unspecified atom stereocenters. The number of fused-ring (bicyclic) bond motifs is 1. The number of rotatable bonds is 3. The van der Waals surface area contributed by atoms with Crippen LogP contribution in [0.1, 0.15) is 45.1 Å². The lowest BCUT2D eigenvalue weighted by molar-refractivity contribution is -0.123. The minimum atomic E-state index is -0.681. The van der Waals surface area contributed by atoms with Gasteiger partial charge in [-0.1, -0.05) is 48.5 Å². The molecule has 32 heavy (non-hydrogen) atoms. The van der Waals surface area contributed by atoms with E-state index in [4.69, 9.17) is 4.74 Å². The SMILES string of the molecule is CC(C)(C)OC(=O)N1CCC[C@@H](c2ccccc2)[C@H]1C(=O)Nc1cccc2cccnc12. The van der Waals surface area contributed by atoms with Gasteiger partial charge in [0.25, 0.3) is 0 Å². The van der Waals surface area contributed by atoms with Crippen molar-refractivity contribution in [3.63, 3.8) is 0 Å². The molecule has 0 aliphatic carbocycles. The lowest BCUT2D eigenvalue weighted by atomic mass is 9.83. The maximum Gasteiger partial charge on any atom is 0.410 e. The highest BCUT2D eigenvalue weighted by Gasteiger charge is 2.41. The van der Waals surface area contributed by atoms with E-state index in [9.17, 15) is 9.59 Å². The molecule has 0 bridgehead atoms. The predicted molar refractivity (Wildman–Crippen MR) is 126 cm³/mol. The number of piperidine rings is 1. The maximum absolute atomic E-state index is 13.7. The number of likely N-dealkylation sites (tertiary alicyclic amines) is 1. The summed E-state index contributed by atoms with van der Waals surface area (Å²) >= 11 is 0. The van der Waals surface area contributed by atoms with E-state index in [1.165, 1.54) is 0 Å². The molecule has 1 aromatic heterocycles. The van der Waals surface area contributed by atoms with E-state index in [1.807, 2.05) is 81.4 Å². The van der Waals surface area contributed by atoms with Crippen molar-refractivity contribution >= 4 is 28.6 Å². The number of para-hydroxylation sites is 1. The zero-order valence-electron chi connectivity index (χ0n) is 18.7. The smallest absolute Gasteiger partial charge is 0.410 e. The van der Waals surface area contributed by atoms with Crippen LogP contribution in [0.5, 0.6) is 0 Å². The van der Waals surface area contributed by atoms with Crippen molar-refractivity contribution in [3.8, 4) is 0 Å². The van der Waals surface area contributed by atoms with Crippen molar-refractivity contribution in [1.29, 1.82) is 0 Å². The molecule has 2 atom stereocenters. The Hall–Kier alpha value is -3.41. The Bertz CT molecular complexity index is 1100. The quantitative estimate of drug-likeness (QED) is 0.606. The Morgan fingerprint density at radius 3 is 2.53 bits per heavy atom. The van der Waals surface area contributed by atoms with Gasteiger partial charge in [-0.05, 0) is 51.3 Å². The van der Waals surface area contributed by atoms with Gasteiger partial charge in [-0.15, -0.1) is 0 Å². The number of carbonyl (C=O) groups is 2. The summed E-state index contributed by atoms with van der Waals surface area (Å²) in [4.78, 5) is 32.8. The zero-order chi connectivity index (χ0) is 22.7. The van der Waals surface area contributed by atoms with E-state index in [-0.39, 0.29) is 11.8 Å². The van der Waals surface area contributed by atoms with Crippen molar-refractivity contribution in [2.24, 2.45) is 0 Å². The molecule has 4 rings (SSSR count). The van der Waals surface area contributed by atoms with Crippen LogP contribution >= 0.6 is 0 Å². The summed E-state index contributed by atoms with van der Waals surface area (Å²) in [6, 6.07) is 18.7. The first-order valence-electron chi connectivity index (χ1n) is 11.0. The van der Waals surface area contributed by atoms with Gasteiger partial charge in [-0.3, -0.25) is 14.7 Å². The van der Waals surface area contributed by atoms with Gasteiger partial charge in [0.05, 0.1) is 11.2 Å². The number of anilines is 1.